The molecular formula is C18H18N4O2. The molecule has 6 heteroatoms. The average molecular weight is 322 g/mol. The fraction of sp³-hybridized carbons (Fsp3) is 0.278. The average Bonchev–Trinajstić information content (AvgIpc) is 3.29. The fourth-order valence-electron chi connectivity index (χ4n) is 2.90. The Kier molecular flexibility index (Phi) is 3.86. The zero-order valence-corrected chi connectivity index (χ0v) is 13.2. The SMILES string of the molecule is O=C(NCc1ccnc(N2CCCC2)n1)c1cc2ccccc2o1. The zero-order chi connectivity index (χ0) is 16.4. The molecular weight excluding hydrogens is 304 g/mol. The van der Waals surface area contributed by atoms with Gasteiger partial charge in [0.2, 0.25) is 5.95 Å². The predicted molar refractivity (Wildman–Crippen MR) is 90.9 cm³/mol. The summed E-state index contributed by atoms with van der Waals surface area (Å²) in [6.07, 6.45) is 4.09. The van der Waals surface area contributed by atoms with Gasteiger partial charge >= 0.3 is 0 Å². The standard InChI is InChI=1S/C18H18N4O2/c23-17(16-11-13-5-1-2-6-15(13)24-16)20-12-14-7-8-19-18(21-14)22-9-3-4-10-22/h1-2,5-8,11H,3-4,9-10,12H2,(H,20,23). The molecule has 1 amide bonds. The molecule has 0 saturated carbocycles. The minimum absolute atomic E-state index is 0.243. The first kappa shape index (κ1) is 14.7. The molecule has 2 aromatic heterocycles. The highest BCUT2D eigenvalue weighted by atomic mass is 16.3. The van der Waals surface area contributed by atoms with E-state index in [-0.39, 0.29) is 5.91 Å². The number of aromatic nitrogens is 2. The molecule has 122 valence electrons. The smallest absolute Gasteiger partial charge is 0.287 e. The summed E-state index contributed by atoms with van der Waals surface area (Å²) in [4.78, 5) is 23.3. The maximum Gasteiger partial charge on any atom is 0.287 e. The Bertz CT molecular complexity index is 835. The van der Waals surface area contributed by atoms with Crippen molar-refractivity contribution in [2.24, 2.45) is 0 Å². The summed E-state index contributed by atoms with van der Waals surface area (Å²) in [6, 6.07) is 11.1. The number of para-hydroxylation sites is 1. The normalized spacial score (nSPS) is 14.2. The van der Waals surface area contributed by atoms with E-state index >= 15 is 0 Å². The van der Waals surface area contributed by atoms with Crippen molar-refractivity contribution in [3.63, 3.8) is 0 Å². The molecule has 1 aliphatic heterocycles. The molecule has 0 radical (unpaired) electrons. The second kappa shape index (κ2) is 6.31. The zero-order valence-electron chi connectivity index (χ0n) is 13.2. The number of amides is 1. The third kappa shape index (κ3) is 2.95. The molecule has 1 fully saturated rings. The molecule has 4 rings (SSSR count). The van der Waals surface area contributed by atoms with Gasteiger partial charge in [0.05, 0.1) is 12.2 Å². The van der Waals surface area contributed by atoms with Crippen LogP contribution in [0, 0.1) is 0 Å². The van der Waals surface area contributed by atoms with Crippen LogP contribution in [0.15, 0.2) is 47.0 Å². The van der Waals surface area contributed by atoms with Crippen molar-refractivity contribution in [1.29, 1.82) is 0 Å². The Morgan fingerprint density at radius 2 is 2.04 bits per heavy atom. The van der Waals surface area contributed by atoms with Crippen molar-refractivity contribution < 1.29 is 9.21 Å². The van der Waals surface area contributed by atoms with Crippen LogP contribution in [-0.4, -0.2) is 29.0 Å². The van der Waals surface area contributed by atoms with Crippen LogP contribution in [0.4, 0.5) is 5.95 Å². The number of carbonyl (C=O) groups excluding carboxylic acids is 1. The van der Waals surface area contributed by atoms with Crippen LogP contribution in [0.2, 0.25) is 0 Å². The number of hydrogen-bond donors (Lipinski definition) is 1. The van der Waals surface area contributed by atoms with Crippen molar-refractivity contribution in [1.82, 2.24) is 15.3 Å². The molecule has 24 heavy (non-hydrogen) atoms. The number of hydrogen-bond acceptors (Lipinski definition) is 5. The van der Waals surface area contributed by atoms with Crippen molar-refractivity contribution >= 4 is 22.8 Å². The van der Waals surface area contributed by atoms with E-state index < -0.39 is 0 Å². The van der Waals surface area contributed by atoms with E-state index in [0.29, 0.717) is 17.9 Å². The van der Waals surface area contributed by atoms with E-state index in [1.54, 1.807) is 12.3 Å². The topological polar surface area (TPSA) is 71.3 Å². The van der Waals surface area contributed by atoms with Crippen LogP contribution < -0.4 is 10.2 Å². The van der Waals surface area contributed by atoms with Crippen molar-refractivity contribution in [3.8, 4) is 0 Å². The third-order valence-electron chi connectivity index (χ3n) is 4.17. The second-order valence-electron chi connectivity index (χ2n) is 5.87. The maximum absolute atomic E-state index is 12.3. The molecule has 0 bridgehead atoms. The Balaban J connectivity index is 1.44. The molecule has 3 heterocycles. The quantitative estimate of drug-likeness (QED) is 0.800. The Labute approximate surface area is 139 Å². The number of furan rings is 1. The van der Waals surface area contributed by atoms with E-state index in [9.17, 15) is 4.79 Å². The number of nitrogens with zero attached hydrogens (tertiary/aromatic N) is 3. The van der Waals surface area contributed by atoms with Crippen LogP contribution in [0.5, 0.6) is 0 Å². The highest BCUT2D eigenvalue weighted by Gasteiger charge is 2.16. The highest BCUT2D eigenvalue weighted by Crippen LogP contribution is 2.19. The van der Waals surface area contributed by atoms with Gasteiger partial charge in [-0.2, -0.15) is 0 Å². The van der Waals surface area contributed by atoms with Crippen LogP contribution in [0.3, 0.4) is 0 Å². The minimum Gasteiger partial charge on any atom is -0.451 e. The van der Waals surface area contributed by atoms with Gasteiger partial charge in [0.1, 0.15) is 5.58 Å². The Morgan fingerprint density at radius 1 is 1.21 bits per heavy atom. The molecule has 1 saturated heterocycles. The van der Waals surface area contributed by atoms with Gasteiger partial charge in [-0.05, 0) is 31.0 Å². The van der Waals surface area contributed by atoms with E-state index in [2.05, 4.69) is 20.2 Å². The lowest BCUT2D eigenvalue weighted by Crippen LogP contribution is -2.24. The lowest BCUT2D eigenvalue weighted by Gasteiger charge is -2.15. The van der Waals surface area contributed by atoms with Gasteiger partial charge in [0.15, 0.2) is 5.76 Å². The summed E-state index contributed by atoms with van der Waals surface area (Å²) in [5.74, 6) is 0.806. The largest absolute Gasteiger partial charge is 0.451 e. The molecule has 6 nitrogen and oxygen atoms in total. The first-order valence-electron chi connectivity index (χ1n) is 8.13. The highest BCUT2D eigenvalue weighted by molar-refractivity contribution is 5.95. The number of carbonyl (C=O) groups is 1. The number of anilines is 1. The molecule has 0 unspecified atom stereocenters. The van der Waals surface area contributed by atoms with Crippen LogP contribution >= 0.6 is 0 Å². The fourth-order valence-corrected chi connectivity index (χ4v) is 2.90. The Hall–Kier alpha value is -2.89. The number of benzene rings is 1. The number of rotatable bonds is 4. The van der Waals surface area contributed by atoms with Crippen molar-refractivity contribution in [2.75, 3.05) is 18.0 Å². The molecule has 0 spiro atoms. The molecule has 0 atom stereocenters. The lowest BCUT2D eigenvalue weighted by atomic mass is 10.2. The van der Waals surface area contributed by atoms with Crippen molar-refractivity contribution in [2.45, 2.75) is 19.4 Å². The molecule has 1 N–H and O–H groups in total. The Morgan fingerprint density at radius 3 is 2.88 bits per heavy atom. The number of fused-ring (bicyclic) bond motifs is 1. The van der Waals surface area contributed by atoms with Gasteiger partial charge in [-0.15, -0.1) is 0 Å². The summed E-state index contributed by atoms with van der Waals surface area (Å²) in [6.45, 7) is 2.34. The minimum atomic E-state index is -0.243. The van der Waals surface area contributed by atoms with Gasteiger partial charge in [-0.1, -0.05) is 18.2 Å². The first-order chi connectivity index (χ1) is 11.8. The van der Waals surface area contributed by atoms with Gasteiger partial charge in [0, 0.05) is 24.7 Å². The monoisotopic (exact) mass is 322 g/mol. The molecule has 1 aliphatic rings. The van der Waals surface area contributed by atoms with E-state index in [1.165, 1.54) is 12.8 Å². The van der Waals surface area contributed by atoms with E-state index in [4.69, 9.17) is 4.42 Å². The van der Waals surface area contributed by atoms with Gasteiger partial charge in [-0.3, -0.25) is 4.79 Å². The number of nitrogens with one attached hydrogen (secondary N) is 1. The van der Waals surface area contributed by atoms with Gasteiger partial charge < -0.3 is 14.6 Å². The molecule has 0 aliphatic carbocycles. The van der Waals surface area contributed by atoms with E-state index in [0.717, 1.165) is 30.1 Å². The van der Waals surface area contributed by atoms with Crippen LogP contribution in [-0.2, 0) is 6.54 Å². The molecule has 3 aromatic rings. The van der Waals surface area contributed by atoms with E-state index in [1.807, 2.05) is 30.3 Å². The third-order valence-corrected chi connectivity index (χ3v) is 4.17. The summed E-state index contributed by atoms with van der Waals surface area (Å²) in [5.41, 5.74) is 1.50. The van der Waals surface area contributed by atoms with Gasteiger partial charge in [0.25, 0.3) is 5.91 Å². The van der Waals surface area contributed by atoms with Crippen LogP contribution in [0.1, 0.15) is 29.1 Å². The van der Waals surface area contributed by atoms with Gasteiger partial charge in [-0.25, -0.2) is 9.97 Å². The molecule has 1 aromatic carbocycles. The second-order valence-corrected chi connectivity index (χ2v) is 5.87. The first-order valence-corrected chi connectivity index (χ1v) is 8.13. The summed E-state index contributed by atoms with van der Waals surface area (Å²) >= 11 is 0. The van der Waals surface area contributed by atoms with Crippen LogP contribution in [0.25, 0.3) is 11.0 Å². The van der Waals surface area contributed by atoms with Crippen molar-refractivity contribution in [3.05, 3.63) is 54.0 Å². The lowest BCUT2D eigenvalue weighted by molar-refractivity contribution is 0.0925. The summed E-state index contributed by atoms with van der Waals surface area (Å²) in [5, 5.41) is 3.77. The summed E-state index contributed by atoms with van der Waals surface area (Å²) < 4.78 is 5.57. The predicted octanol–water partition coefficient (Wildman–Crippen LogP) is 2.75. The maximum atomic E-state index is 12.3. The summed E-state index contributed by atoms with van der Waals surface area (Å²) in [7, 11) is 0.